The van der Waals surface area contributed by atoms with Crippen molar-refractivity contribution in [3.63, 3.8) is 0 Å². The minimum absolute atomic E-state index is 0.157. The van der Waals surface area contributed by atoms with Gasteiger partial charge in [-0.2, -0.15) is 0 Å². The summed E-state index contributed by atoms with van der Waals surface area (Å²) < 4.78 is 44.9. The Bertz CT molecular complexity index is 687. The van der Waals surface area contributed by atoms with E-state index in [0.717, 1.165) is 18.2 Å². The van der Waals surface area contributed by atoms with Crippen LogP contribution in [0.4, 0.5) is 13.2 Å². The number of hydrogen-bond donors (Lipinski definition) is 1. The first-order valence-electron chi connectivity index (χ1n) is 6.06. The molecule has 21 heavy (non-hydrogen) atoms. The van der Waals surface area contributed by atoms with E-state index in [2.05, 4.69) is 5.16 Å². The first kappa shape index (κ1) is 14.9. The van der Waals surface area contributed by atoms with Gasteiger partial charge in [-0.1, -0.05) is 5.16 Å². The van der Waals surface area contributed by atoms with Crippen LogP contribution in [-0.4, -0.2) is 10.9 Å². The Kier molecular flexibility index (Phi) is 4.47. The molecule has 0 atom stereocenters. The third kappa shape index (κ3) is 3.53. The van der Waals surface area contributed by atoms with Gasteiger partial charge in [-0.25, -0.2) is 13.2 Å². The van der Waals surface area contributed by atoms with Crippen LogP contribution in [0, 0.1) is 17.5 Å². The molecular formula is C15H12F3NO2. The molecule has 0 aromatic heterocycles. The maximum Gasteiger partial charge on any atom is 0.132 e. The smallest absolute Gasteiger partial charge is 0.132 e. The lowest BCUT2D eigenvalue weighted by molar-refractivity contribution is 0.297. The topological polar surface area (TPSA) is 41.8 Å². The zero-order valence-electron chi connectivity index (χ0n) is 11.1. The Morgan fingerprint density at radius 1 is 1.10 bits per heavy atom. The summed E-state index contributed by atoms with van der Waals surface area (Å²) in [6.45, 7) is 1.31. The van der Waals surface area contributed by atoms with Crippen LogP contribution in [0.15, 0.2) is 41.6 Å². The highest BCUT2D eigenvalue weighted by molar-refractivity contribution is 6.00. The molecule has 1 N–H and O–H groups in total. The molecule has 2 rings (SSSR count). The maximum atomic E-state index is 13.5. The lowest BCUT2D eigenvalue weighted by Crippen LogP contribution is -2.04. The van der Waals surface area contributed by atoms with Gasteiger partial charge in [-0.15, -0.1) is 0 Å². The number of oxime groups is 1. The van der Waals surface area contributed by atoms with E-state index in [9.17, 15) is 13.2 Å². The number of benzene rings is 2. The normalized spacial score (nSPS) is 11.5. The van der Waals surface area contributed by atoms with E-state index in [1.807, 2.05) is 0 Å². The van der Waals surface area contributed by atoms with Gasteiger partial charge in [0.05, 0.1) is 5.71 Å². The standard InChI is InChI=1S/C15H12F3NO2/c1-9(19-20)13-6-11(16)4-5-15(13)21-8-10-2-3-12(17)7-14(10)18/h2-7,20H,8H2,1H3/b19-9-. The van der Waals surface area contributed by atoms with E-state index in [4.69, 9.17) is 9.94 Å². The Balaban J connectivity index is 2.24. The molecule has 110 valence electrons. The molecule has 0 aliphatic rings. The summed E-state index contributed by atoms with van der Waals surface area (Å²) in [4.78, 5) is 0. The Labute approximate surface area is 119 Å². The van der Waals surface area contributed by atoms with Crippen LogP contribution in [0.3, 0.4) is 0 Å². The summed E-state index contributed by atoms with van der Waals surface area (Å²) in [5.74, 6) is -1.70. The van der Waals surface area contributed by atoms with Gasteiger partial charge in [0, 0.05) is 17.2 Å². The highest BCUT2D eigenvalue weighted by atomic mass is 19.1. The van der Waals surface area contributed by atoms with Gasteiger partial charge in [-0.05, 0) is 37.3 Å². The maximum absolute atomic E-state index is 13.5. The lowest BCUT2D eigenvalue weighted by Gasteiger charge is -2.11. The van der Waals surface area contributed by atoms with Gasteiger partial charge < -0.3 is 9.94 Å². The van der Waals surface area contributed by atoms with Crippen LogP contribution in [0.25, 0.3) is 0 Å². The number of halogens is 3. The van der Waals surface area contributed by atoms with E-state index in [0.29, 0.717) is 0 Å². The molecule has 0 saturated heterocycles. The summed E-state index contributed by atoms with van der Waals surface area (Å²) in [6, 6.07) is 6.80. The second-order valence-corrected chi connectivity index (χ2v) is 4.35. The molecule has 0 saturated carbocycles. The quantitative estimate of drug-likeness (QED) is 0.528. The molecule has 0 bridgehead atoms. The van der Waals surface area contributed by atoms with Crippen LogP contribution < -0.4 is 4.74 Å². The van der Waals surface area contributed by atoms with Crippen molar-refractivity contribution in [2.45, 2.75) is 13.5 Å². The molecule has 0 fully saturated rings. The highest BCUT2D eigenvalue weighted by Crippen LogP contribution is 2.22. The first-order chi connectivity index (χ1) is 10.0. The largest absolute Gasteiger partial charge is 0.488 e. The lowest BCUT2D eigenvalue weighted by atomic mass is 10.1. The molecule has 2 aromatic rings. The zero-order valence-corrected chi connectivity index (χ0v) is 11.1. The van der Waals surface area contributed by atoms with E-state index in [1.54, 1.807) is 0 Å². The van der Waals surface area contributed by atoms with E-state index in [-0.39, 0.29) is 29.2 Å². The fourth-order valence-electron chi connectivity index (χ4n) is 1.76. The highest BCUT2D eigenvalue weighted by Gasteiger charge is 2.11. The third-order valence-corrected chi connectivity index (χ3v) is 2.88. The molecule has 6 heteroatoms. The van der Waals surface area contributed by atoms with Gasteiger partial charge >= 0.3 is 0 Å². The zero-order chi connectivity index (χ0) is 15.4. The predicted molar refractivity (Wildman–Crippen MR) is 71.1 cm³/mol. The van der Waals surface area contributed by atoms with Crippen molar-refractivity contribution >= 4 is 5.71 Å². The molecule has 3 nitrogen and oxygen atoms in total. The molecular weight excluding hydrogens is 283 g/mol. The SMILES string of the molecule is C/C(=N/O)c1cc(F)ccc1OCc1ccc(F)cc1F. The Hall–Kier alpha value is -2.50. The minimum atomic E-state index is -0.730. The van der Waals surface area contributed by atoms with Crippen LogP contribution in [0.2, 0.25) is 0 Å². The average molecular weight is 295 g/mol. The number of hydrogen-bond acceptors (Lipinski definition) is 3. The van der Waals surface area contributed by atoms with Gasteiger partial charge in [0.25, 0.3) is 0 Å². The molecule has 0 unspecified atom stereocenters. The average Bonchev–Trinajstić information content (AvgIpc) is 2.46. The van der Waals surface area contributed by atoms with E-state index < -0.39 is 17.5 Å². The fraction of sp³-hybridized carbons (Fsp3) is 0.133. The molecule has 2 aromatic carbocycles. The van der Waals surface area contributed by atoms with Crippen molar-refractivity contribution in [2.75, 3.05) is 0 Å². The molecule has 0 radical (unpaired) electrons. The van der Waals surface area contributed by atoms with Crippen molar-refractivity contribution in [2.24, 2.45) is 5.16 Å². The van der Waals surface area contributed by atoms with Crippen molar-refractivity contribution in [3.8, 4) is 5.75 Å². The first-order valence-corrected chi connectivity index (χ1v) is 6.06. The molecule has 0 aliphatic carbocycles. The van der Waals surface area contributed by atoms with Crippen molar-refractivity contribution < 1.29 is 23.1 Å². The summed E-state index contributed by atoms with van der Waals surface area (Å²) >= 11 is 0. The molecule has 0 amide bonds. The van der Waals surface area contributed by atoms with E-state index >= 15 is 0 Å². The predicted octanol–water partition coefficient (Wildman–Crippen LogP) is 3.88. The van der Waals surface area contributed by atoms with Crippen molar-refractivity contribution in [1.29, 1.82) is 0 Å². The third-order valence-electron chi connectivity index (χ3n) is 2.88. The van der Waals surface area contributed by atoms with Crippen molar-refractivity contribution in [1.82, 2.24) is 0 Å². The summed E-state index contributed by atoms with van der Waals surface area (Å²) in [5, 5.41) is 11.8. The monoisotopic (exact) mass is 295 g/mol. The van der Waals surface area contributed by atoms with Gasteiger partial charge in [0.15, 0.2) is 0 Å². The molecule has 0 spiro atoms. The van der Waals surface area contributed by atoms with Crippen LogP contribution in [-0.2, 0) is 6.61 Å². The minimum Gasteiger partial charge on any atom is -0.488 e. The van der Waals surface area contributed by atoms with Crippen LogP contribution in [0.1, 0.15) is 18.1 Å². The number of nitrogens with zero attached hydrogens (tertiary/aromatic N) is 1. The number of ether oxygens (including phenoxy) is 1. The Morgan fingerprint density at radius 3 is 2.43 bits per heavy atom. The van der Waals surface area contributed by atoms with Crippen LogP contribution >= 0.6 is 0 Å². The second-order valence-electron chi connectivity index (χ2n) is 4.35. The molecule has 0 aliphatic heterocycles. The van der Waals surface area contributed by atoms with Gasteiger partial charge in [0.2, 0.25) is 0 Å². The van der Waals surface area contributed by atoms with Crippen molar-refractivity contribution in [3.05, 3.63) is 65.0 Å². The molecule has 0 heterocycles. The second kappa shape index (κ2) is 6.30. The summed E-state index contributed by atoms with van der Waals surface area (Å²) in [5.41, 5.74) is 0.564. The van der Waals surface area contributed by atoms with Gasteiger partial charge in [0.1, 0.15) is 29.8 Å². The number of rotatable bonds is 4. The summed E-state index contributed by atoms with van der Waals surface area (Å²) in [6.07, 6.45) is 0. The fourth-order valence-corrected chi connectivity index (χ4v) is 1.76. The van der Waals surface area contributed by atoms with E-state index in [1.165, 1.54) is 25.1 Å². The summed E-state index contributed by atoms with van der Waals surface area (Å²) in [7, 11) is 0. The van der Waals surface area contributed by atoms with Crippen LogP contribution in [0.5, 0.6) is 5.75 Å². The van der Waals surface area contributed by atoms with Gasteiger partial charge in [-0.3, -0.25) is 0 Å². The Morgan fingerprint density at radius 2 is 1.76 bits per heavy atom.